The summed E-state index contributed by atoms with van der Waals surface area (Å²) < 4.78 is 18.0. The van der Waals surface area contributed by atoms with E-state index in [-0.39, 0.29) is 11.7 Å². The highest BCUT2D eigenvalue weighted by atomic mass is 32.1. The van der Waals surface area contributed by atoms with Crippen LogP contribution < -0.4 is 10.1 Å². The molecule has 0 aliphatic carbocycles. The monoisotopic (exact) mass is 329 g/mol. The molecule has 0 fully saturated rings. The van der Waals surface area contributed by atoms with Gasteiger partial charge in [-0.15, -0.1) is 10.2 Å². The zero-order chi connectivity index (χ0) is 16.2. The van der Waals surface area contributed by atoms with Gasteiger partial charge in [-0.25, -0.2) is 4.39 Å². The van der Waals surface area contributed by atoms with Crippen molar-refractivity contribution < 1.29 is 13.9 Å². The largest absolute Gasteiger partial charge is 0.497 e. The number of methoxy groups -OCH3 is 1. The van der Waals surface area contributed by atoms with Gasteiger partial charge in [-0.05, 0) is 48.5 Å². The molecule has 1 N–H and O–H groups in total. The van der Waals surface area contributed by atoms with E-state index in [1.807, 2.05) is 0 Å². The van der Waals surface area contributed by atoms with Crippen LogP contribution in [0.5, 0.6) is 5.75 Å². The Morgan fingerprint density at radius 1 is 1.09 bits per heavy atom. The summed E-state index contributed by atoms with van der Waals surface area (Å²) >= 11 is 1.22. The molecule has 3 aromatic rings. The molecule has 0 saturated heterocycles. The van der Waals surface area contributed by atoms with Gasteiger partial charge < -0.3 is 4.74 Å². The lowest BCUT2D eigenvalue weighted by Crippen LogP contribution is -2.11. The fourth-order valence-corrected chi connectivity index (χ4v) is 2.64. The first kappa shape index (κ1) is 15.1. The van der Waals surface area contributed by atoms with E-state index in [9.17, 15) is 9.18 Å². The van der Waals surface area contributed by atoms with Crippen LogP contribution in [0.1, 0.15) is 10.4 Å². The van der Waals surface area contributed by atoms with E-state index in [2.05, 4.69) is 15.5 Å². The average Bonchev–Trinajstić information content (AvgIpc) is 3.04. The van der Waals surface area contributed by atoms with Gasteiger partial charge in [0.15, 0.2) is 0 Å². The van der Waals surface area contributed by atoms with E-state index < -0.39 is 0 Å². The van der Waals surface area contributed by atoms with Crippen molar-refractivity contribution in [2.24, 2.45) is 0 Å². The minimum absolute atomic E-state index is 0.283. The highest BCUT2D eigenvalue weighted by molar-refractivity contribution is 7.18. The molecule has 1 aromatic heterocycles. The van der Waals surface area contributed by atoms with Crippen molar-refractivity contribution in [3.8, 4) is 16.3 Å². The number of hydrogen-bond acceptors (Lipinski definition) is 5. The van der Waals surface area contributed by atoms with Gasteiger partial charge in [0.1, 0.15) is 16.6 Å². The van der Waals surface area contributed by atoms with Crippen LogP contribution in [0.25, 0.3) is 10.6 Å². The number of rotatable bonds is 4. The second kappa shape index (κ2) is 6.53. The summed E-state index contributed by atoms with van der Waals surface area (Å²) in [5.74, 6) is 0.0804. The number of ether oxygens (including phenoxy) is 1. The molecule has 0 aliphatic rings. The summed E-state index contributed by atoms with van der Waals surface area (Å²) in [4.78, 5) is 12.1. The van der Waals surface area contributed by atoms with Crippen molar-refractivity contribution in [2.45, 2.75) is 0 Å². The molecule has 1 heterocycles. The van der Waals surface area contributed by atoms with Crippen LogP contribution in [0.3, 0.4) is 0 Å². The van der Waals surface area contributed by atoms with Crippen LogP contribution in [0.4, 0.5) is 9.52 Å². The molecule has 0 radical (unpaired) electrons. The number of halogens is 1. The maximum Gasteiger partial charge on any atom is 0.257 e. The number of nitrogens with one attached hydrogen (secondary N) is 1. The number of amides is 1. The molecular formula is C16H12FN3O2S. The van der Waals surface area contributed by atoms with E-state index in [4.69, 9.17) is 4.74 Å². The minimum atomic E-state index is -0.314. The lowest BCUT2D eigenvalue weighted by atomic mass is 10.2. The van der Waals surface area contributed by atoms with Crippen molar-refractivity contribution >= 4 is 22.4 Å². The van der Waals surface area contributed by atoms with Crippen molar-refractivity contribution in [1.29, 1.82) is 0 Å². The Bertz CT molecular complexity index is 816. The van der Waals surface area contributed by atoms with Gasteiger partial charge in [-0.2, -0.15) is 0 Å². The summed E-state index contributed by atoms with van der Waals surface area (Å²) in [6.07, 6.45) is 0. The second-order valence-corrected chi connectivity index (χ2v) is 5.58. The van der Waals surface area contributed by atoms with Crippen LogP contribution in [0, 0.1) is 5.82 Å². The predicted molar refractivity (Wildman–Crippen MR) is 86.3 cm³/mol. The Labute approximate surface area is 135 Å². The van der Waals surface area contributed by atoms with E-state index >= 15 is 0 Å². The van der Waals surface area contributed by atoms with Crippen LogP contribution in [0.15, 0.2) is 48.5 Å². The third-order valence-corrected chi connectivity index (χ3v) is 3.98. The van der Waals surface area contributed by atoms with E-state index in [0.29, 0.717) is 21.5 Å². The minimum Gasteiger partial charge on any atom is -0.497 e. The van der Waals surface area contributed by atoms with E-state index in [1.165, 1.54) is 23.5 Å². The Balaban J connectivity index is 1.73. The molecule has 23 heavy (non-hydrogen) atoms. The summed E-state index contributed by atoms with van der Waals surface area (Å²) in [6.45, 7) is 0. The van der Waals surface area contributed by atoms with Crippen molar-refractivity contribution in [2.75, 3.05) is 12.4 Å². The van der Waals surface area contributed by atoms with Gasteiger partial charge >= 0.3 is 0 Å². The third-order valence-electron chi connectivity index (χ3n) is 3.09. The van der Waals surface area contributed by atoms with Crippen LogP contribution in [0.2, 0.25) is 0 Å². The molecule has 1 amide bonds. The third kappa shape index (κ3) is 3.51. The van der Waals surface area contributed by atoms with Crippen LogP contribution >= 0.6 is 11.3 Å². The summed E-state index contributed by atoms with van der Waals surface area (Å²) in [5, 5.41) is 11.6. The van der Waals surface area contributed by atoms with Crippen molar-refractivity contribution in [3.05, 3.63) is 59.9 Å². The fraction of sp³-hybridized carbons (Fsp3) is 0.0625. The maximum absolute atomic E-state index is 12.9. The normalized spacial score (nSPS) is 10.3. The molecule has 116 valence electrons. The number of carbonyl (C=O) groups is 1. The molecule has 7 heteroatoms. The Morgan fingerprint density at radius 2 is 1.78 bits per heavy atom. The number of benzene rings is 2. The molecule has 0 aliphatic heterocycles. The van der Waals surface area contributed by atoms with E-state index in [0.717, 1.165) is 5.56 Å². The number of aromatic nitrogens is 2. The highest BCUT2D eigenvalue weighted by Gasteiger charge is 2.11. The average molecular weight is 329 g/mol. The number of anilines is 1. The lowest BCUT2D eigenvalue weighted by Gasteiger charge is -2.02. The molecule has 5 nitrogen and oxygen atoms in total. The molecule has 3 rings (SSSR count). The second-order valence-electron chi connectivity index (χ2n) is 4.60. The van der Waals surface area contributed by atoms with Gasteiger partial charge in [0.2, 0.25) is 5.13 Å². The predicted octanol–water partition coefficient (Wildman–Crippen LogP) is 3.61. The van der Waals surface area contributed by atoms with Gasteiger partial charge in [0.05, 0.1) is 7.11 Å². The van der Waals surface area contributed by atoms with Gasteiger partial charge in [-0.1, -0.05) is 11.3 Å². The van der Waals surface area contributed by atoms with E-state index in [1.54, 1.807) is 43.5 Å². The number of nitrogens with zero attached hydrogens (tertiary/aromatic N) is 2. The standard InChI is InChI=1S/C16H12FN3O2S/c1-22-13-8-4-10(5-9-13)14(21)18-16-20-19-15(23-16)11-2-6-12(17)7-3-11/h2-9H,1H3,(H,18,20,21). The van der Waals surface area contributed by atoms with Crippen LogP contribution in [-0.2, 0) is 0 Å². The maximum atomic E-state index is 12.9. The molecule has 0 bridgehead atoms. The molecule has 0 atom stereocenters. The van der Waals surface area contributed by atoms with Crippen molar-refractivity contribution in [3.63, 3.8) is 0 Å². The van der Waals surface area contributed by atoms with Crippen LogP contribution in [-0.4, -0.2) is 23.2 Å². The molecular weight excluding hydrogens is 317 g/mol. The zero-order valence-corrected chi connectivity index (χ0v) is 12.9. The highest BCUT2D eigenvalue weighted by Crippen LogP contribution is 2.26. The van der Waals surface area contributed by atoms with Gasteiger partial charge in [-0.3, -0.25) is 10.1 Å². The first-order chi connectivity index (χ1) is 11.2. The molecule has 0 saturated carbocycles. The first-order valence-electron chi connectivity index (χ1n) is 6.70. The van der Waals surface area contributed by atoms with Gasteiger partial charge in [0.25, 0.3) is 5.91 Å². The number of hydrogen-bond donors (Lipinski definition) is 1. The Kier molecular flexibility index (Phi) is 4.29. The summed E-state index contributed by atoms with van der Waals surface area (Å²) in [5.41, 5.74) is 1.23. The zero-order valence-electron chi connectivity index (χ0n) is 12.1. The topological polar surface area (TPSA) is 64.1 Å². The Morgan fingerprint density at radius 3 is 2.43 bits per heavy atom. The molecule has 0 unspecified atom stereocenters. The molecule has 2 aromatic carbocycles. The summed E-state index contributed by atoms with van der Waals surface area (Å²) in [6, 6.07) is 12.7. The summed E-state index contributed by atoms with van der Waals surface area (Å²) in [7, 11) is 1.56. The number of carbonyl (C=O) groups excluding carboxylic acids is 1. The Hall–Kier alpha value is -2.80. The molecule has 0 spiro atoms. The fourth-order valence-electron chi connectivity index (χ4n) is 1.89. The quantitative estimate of drug-likeness (QED) is 0.794. The SMILES string of the molecule is COc1ccc(C(=O)Nc2nnc(-c3ccc(F)cc3)s2)cc1. The van der Waals surface area contributed by atoms with Gasteiger partial charge in [0, 0.05) is 11.1 Å². The smallest absolute Gasteiger partial charge is 0.257 e. The van der Waals surface area contributed by atoms with Crippen molar-refractivity contribution in [1.82, 2.24) is 10.2 Å². The first-order valence-corrected chi connectivity index (χ1v) is 7.52. The lowest BCUT2D eigenvalue weighted by molar-refractivity contribution is 0.102.